The molecule has 0 aromatic rings. The zero-order valence-electron chi connectivity index (χ0n) is 10.6. The largest absolute Gasteiger partial charge is 0.395 e. The molecule has 0 heterocycles. The third kappa shape index (κ3) is 2.35. The van der Waals surface area contributed by atoms with Crippen molar-refractivity contribution < 1.29 is 9.90 Å². The van der Waals surface area contributed by atoms with E-state index in [9.17, 15) is 9.90 Å². The predicted octanol–water partition coefficient (Wildman–Crippen LogP) is 2.65. The molecule has 0 unspecified atom stereocenters. The fourth-order valence-electron chi connectivity index (χ4n) is 1.48. The summed E-state index contributed by atoms with van der Waals surface area (Å²) in [5, 5.41) is 9.43. The van der Waals surface area contributed by atoms with Crippen LogP contribution in [0.25, 0.3) is 0 Å². The second-order valence-corrected chi connectivity index (χ2v) is 6.32. The Balaban J connectivity index is 5.19. The zero-order chi connectivity index (χ0) is 11.8. The van der Waals surface area contributed by atoms with Crippen LogP contribution in [-0.4, -0.2) is 17.5 Å². The van der Waals surface area contributed by atoms with E-state index < -0.39 is 10.8 Å². The molecule has 0 saturated heterocycles. The summed E-state index contributed by atoms with van der Waals surface area (Å²) in [5.41, 5.74) is -1.28. The van der Waals surface area contributed by atoms with Crippen molar-refractivity contribution in [2.45, 2.75) is 48.5 Å². The van der Waals surface area contributed by atoms with Gasteiger partial charge in [-0.25, -0.2) is 0 Å². The Hall–Kier alpha value is -0.370. The molecule has 0 amide bonds. The highest BCUT2D eigenvalue weighted by Gasteiger charge is 2.47. The Morgan fingerprint density at radius 3 is 1.43 bits per heavy atom. The summed E-state index contributed by atoms with van der Waals surface area (Å²) >= 11 is 0. The van der Waals surface area contributed by atoms with Crippen LogP contribution in [0.3, 0.4) is 0 Å². The molecule has 0 aliphatic carbocycles. The summed E-state index contributed by atoms with van der Waals surface area (Å²) in [6.45, 7) is 13.4. The van der Waals surface area contributed by atoms with Crippen LogP contribution in [0.1, 0.15) is 48.5 Å². The molecule has 14 heavy (non-hydrogen) atoms. The monoisotopic (exact) mass is 200 g/mol. The van der Waals surface area contributed by atoms with Gasteiger partial charge in [0.05, 0.1) is 12.0 Å². The van der Waals surface area contributed by atoms with Gasteiger partial charge >= 0.3 is 0 Å². The minimum absolute atomic E-state index is 0.0907. The third-order valence-electron chi connectivity index (χ3n) is 3.15. The number of carbonyl (C=O) groups excluding carboxylic acids is 1. The minimum atomic E-state index is -0.661. The predicted molar refractivity (Wildman–Crippen MR) is 59.1 cm³/mol. The molecule has 0 aliphatic heterocycles. The van der Waals surface area contributed by atoms with E-state index in [4.69, 9.17) is 0 Å². The number of aliphatic hydroxyl groups is 1. The SMILES string of the molecule is CC(C)(C)C(=O)[C@@](C)(CO)C(C)(C)C. The zero-order valence-corrected chi connectivity index (χ0v) is 10.6. The fraction of sp³-hybridized carbons (Fsp3) is 0.917. The molecule has 0 aromatic heterocycles. The summed E-state index contributed by atoms with van der Waals surface area (Å²) in [5.74, 6) is 0.125. The maximum atomic E-state index is 12.2. The number of hydrogen-bond acceptors (Lipinski definition) is 2. The first kappa shape index (κ1) is 13.6. The Morgan fingerprint density at radius 1 is 1.00 bits per heavy atom. The van der Waals surface area contributed by atoms with E-state index in [0.717, 1.165) is 0 Å². The molecule has 1 atom stereocenters. The van der Waals surface area contributed by atoms with Gasteiger partial charge in [-0.2, -0.15) is 0 Å². The number of Topliss-reactive ketones (excluding diaryl/α,β-unsaturated/α-hetero) is 1. The van der Waals surface area contributed by atoms with E-state index >= 15 is 0 Å². The average molecular weight is 200 g/mol. The first-order chi connectivity index (χ1) is 5.97. The van der Waals surface area contributed by atoms with Gasteiger partial charge in [-0.1, -0.05) is 41.5 Å². The van der Waals surface area contributed by atoms with Crippen molar-refractivity contribution in [1.82, 2.24) is 0 Å². The highest BCUT2D eigenvalue weighted by Crippen LogP contribution is 2.43. The summed E-state index contributed by atoms with van der Waals surface area (Å²) in [6.07, 6.45) is 0. The molecule has 0 aromatic carbocycles. The molecule has 1 N–H and O–H groups in total. The summed E-state index contributed by atoms with van der Waals surface area (Å²) in [4.78, 5) is 12.2. The lowest BCUT2D eigenvalue weighted by Gasteiger charge is -2.42. The fourth-order valence-corrected chi connectivity index (χ4v) is 1.48. The molecule has 0 radical (unpaired) electrons. The molecule has 2 heteroatoms. The summed E-state index contributed by atoms with van der Waals surface area (Å²) in [7, 11) is 0. The van der Waals surface area contributed by atoms with Crippen molar-refractivity contribution >= 4 is 5.78 Å². The van der Waals surface area contributed by atoms with Gasteiger partial charge in [0.15, 0.2) is 0 Å². The first-order valence-electron chi connectivity index (χ1n) is 5.12. The molecule has 0 saturated carbocycles. The van der Waals surface area contributed by atoms with Gasteiger partial charge in [-0.05, 0) is 12.3 Å². The number of ketones is 1. The first-order valence-corrected chi connectivity index (χ1v) is 5.12. The van der Waals surface area contributed by atoms with Crippen molar-refractivity contribution in [1.29, 1.82) is 0 Å². The molecule has 0 bridgehead atoms. The van der Waals surface area contributed by atoms with E-state index in [1.807, 2.05) is 48.5 Å². The van der Waals surface area contributed by atoms with E-state index in [-0.39, 0.29) is 17.8 Å². The molecule has 0 aliphatic rings. The van der Waals surface area contributed by atoms with Gasteiger partial charge < -0.3 is 5.11 Å². The van der Waals surface area contributed by atoms with Crippen LogP contribution in [0, 0.1) is 16.2 Å². The van der Waals surface area contributed by atoms with Gasteiger partial charge in [-0.3, -0.25) is 4.79 Å². The van der Waals surface area contributed by atoms with Crippen LogP contribution in [0.4, 0.5) is 0 Å². The lowest BCUT2D eigenvalue weighted by atomic mass is 9.61. The van der Waals surface area contributed by atoms with Crippen molar-refractivity contribution in [2.75, 3.05) is 6.61 Å². The normalized spacial score (nSPS) is 17.7. The van der Waals surface area contributed by atoms with Crippen LogP contribution in [0.5, 0.6) is 0 Å². The molecule has 2 nitrogen and oxygen atoms in total. The molecule has 0 rings (SSSR count). The van der Waals surface area contributed by atoms with E-state index in [1.165, 1.54) is 0 Å². The van der Waals surface area contributed by atoms with Crippen molar-refractivity contribution in [3.05, 3.63) is 0 Å². The highest BCUT2D eigenvalue weighted by molar-refractivity contribution is 5.89. The van der Waals surface area contributed by atoms with Gasteiger partial charge in [0.1, 0.15) is 5.78 Å². The average Bonchev–Trinajstić information content (AvgIpc) is 1.97. The lowest BCUT2D eigenvalue weighted by molar-refractivity contribution is -0.145. The second kappa shape index (κ2) is 3.65. The molecule has 84 valence electrons. The maximum Gasteiger partial charge on any atom is 0.146 e. The van der Waals surface area contributed by atoms with Crippen molar-refractivity contribution in [3.63, 3.8) is 0 Å². The molecular formula is C12H24O2. The van der Waals surface area contributed by atoms with Gasteiger partial charge in [0.25, 0.3) is 0 Å². The van der Waals surface area contributed by atoms with E-state index in [1.54, 1.807) is 0 Å². The number of rotatable bonds is 2. The Kier molecular flexibility index (Phi) is 3.55. The Labute approximate surface area is 87.7 Å². The molecule has 0 spiro atoms. The quantitative estimate of drug-likeness (QED) is 0.744. The van der Waals surface area contributed by atoms with Gasteiger partial charge in [0, 0.05) is 5.41 Å². The standard InChI is InChI=1S/C12H24O2/c1-10(2,3)9(14)12(7,8-13)11(4,5)6/h13H,8H2,1-7H3/t12-/m1/s1. The molecule has 0 fully saturated rings. The number of aliphatic hydroxyl groups excluding tert-OH is 1. The Morgan fingerprint density at radius 2 is 1.36 bits per heavy atom. The van der Waals surface area contributed by atoms with Gasteiger partial charge in [-0.15, -0.1) is 0 Å². The summed E-state index contributed by atoms with van der Waals surface area (Å²) < 4.78 is 0. The van der Waals surface area contributed by atoms with Gasteiger partial charge in [0.2, 0.25) is 0 Å². The third-order valence-corrected chi connectivity index (χ3v) is 3.15. The topological polar surface area (TPSA) is 37.3 Å². The number of carbonyl (C=O) groups is 1. The number of hydrogen-bond donors (Lipinski definition) is 1. The minimum Gasteiger partial charge on any atom is -0.395 e. The van der Waals surface area contributed by atoms with Crippen LogP contribution in [0.2, 0.25) is 0 Å². The van der Waals surface area contributed by atoms with Crippen LogP contribution < -0.4 is 0 Å². The second-order valence-electron chi connectivity index (χ2n) is 6.32. The van der Waals surface area contributed by atoms with E-state index in [0.29, 0.717) is 0 Å². The van der Waals surface area contributed by atoms with Crippen LogP contribution >= 0.6 is 0 Å². The maximum absolute atomic E-state index is 12.2. The van der Waals surface area contributed by atoms with Crippen molar-refractivity contribution in [2.24, 2.45) is 16.2 Å². The van der Waals surface area contributed by atoms with E-state index in [2.05, 4.69) is 0 Å². The summed E-state index contributed by atoms with van der Waals surface area (Å²) in [6, 6.07) is 0. The highest BCUT2D eigenvalue weighted by atomic mass is 16.3. The van der Waals surface area contributed by atoms with Crippen LogP contribution in [-0.2, 0) is 4.79 Å². The smallest absolute Gasteiger partial charge is 0.146 e. The lowest BCUT2D eigenvalue weighted by Crippen LogP contribution is -2.48. The van der Waals surface area contributed by atoms with Crippen molar-refractivity contribution in [3.8, 4) is 0 Å². The molecular weight excluding hydrogens is 176 g/mol. The Bertz CT molecular complexity index is 217. The van der Waals surface area contributed by atoms with Crippen LogP contribution in [0.15, 0.2) is 0 Å².